The van der Waals surface area contributed by atoms with E-state index >= 15 is 0 Å². The molecule has 0 aromatic heterocycles. The molecule has 0 bridgehead atoms. The first-order valence-corrected chi connectivity index (χ1v) is 9.74. The summed E-state index contributed by atoms with van der Waals surface area (Å²) in [6, 6.07) is 15.7. The van der Waals surface area contributed by atoms with Gasteiger partial charge in [-0.1, -0.05) is 30.3 Å². The number of anilines is 1. The Morgan fingerprint density at radius 2 is 1.79 bits per heavy atom. The number of ketones is 1. The minimum atomic E-state index is -0.130. The number of nitrogens with zero attached hydrogens (tertiary/aromatic N) is 1. The topological polar surface area (TPSA) is 61.4 Å². The number of fused-ring (bicyclic) bond motifs is 1. The summed E-state index contributed by atoms with van der Waals surface area (Å²) in [5.74, 6) is -0.138. The van der Waals surface area contributed by atoms with Gasteiger partial charge in [0.05, 0.1) is 11.3 Å². The van der Waals surface area contributed by atoms with E-state index in [-0.39, 0.29) is 11.7 Å². The van der Waals surface area contributed by atoms with E-state index < -0.39 is 0 Å². The lowest BCUT2D eigenvalue weighted by molar-refractivity contribution is -0.110. The third-order valence-corrected chi connectivity index (χ3v) is 5.55. The summed E-state index contributed by atoms with van der Waals surface area (Å²) in [7, 11) is 2.14. The number of benzene rings is 2. The van der Waals surface area contributed by atoms with Gasteiger partial charge in [0.25, 0.3) is 5.91 Å². The normalized spacial score (nSPS) is 19.1. The number of carbonyl (C=O) groups is 2. The molecule has 1 saturated heterocycles. The number of likely N-dealkylation sites (tertiary alicyclic amines) is 1. The number of amides is 1. The van der Waals surface area contributed by atoms with Crippen LogP contribution < -0.4 is 10.6 Å². The van der Waals surface area contributed by atoms with Crippen molar-refractivity contribution in [2.45, 2.75) is 25.8 Å². The van der Waals surface area contributed by atoms with Gasteiger partial charge >= 0.3 is 0 Å². The van der Waals surface area contributed by atoms with Gasteiger partial charge in [-0.25, -0.2) is 0 Å². The van der Waals surface area contributed by atoms with Crippen LogP contribution in [0.5, 0.6) is 0 Å². The minimum Gasteiger partial charge on any atom is -0.381 e. The van der Waals surface area contributed by atoms with Gasteiger partial charge in [-0.15, -0.1) is 0 Å². The molecule has 2 aromatic carbocycles. The Morgan fingerprint density at radius 1 is 1.07 bits per heavy atom. The first-order chi connectivity index (χ1) is 13.5. The van der Waals surface area contributed by atoms with Gasteiger partial charge in [-0.2, -0.15) is 0 Å². The van der Waals surface area contributed by atoms with Crippen molar-refractivity contribution in [1.29, 1.82) is 0 Å². The molecule has 0 saturated carbocycles. The highest BCUT2D eigenvalue weighted by Gasteiger charge is 2.30. The number of hydrogen-bond donors (Lipinski definition) is 2. The molecule has 0 spiro atoms. The molecular weight excluding hydrogens is 350 g/mol. The van der Waals surface area contributed by atoms with Crippen LogP contribution in [0.15, 0.2) is 48.5 Å². The highest BCUT2D eigenvalue weighted by molar-refractivity contribution is 6.36. The molecule has 144 valence electrons. The number of carbonyl (C=O) groups excluding carboxylic acids is 2. The first kappa shape index (κ1) is 18.4. The molecule has 4 rings (SSSR count). The van der Waals surface area contributed by atoms with Gasteiger partial charge in [-0.3, -0.25) is 9.59 Å². The van der Waals surface area contributed by atoms with Gasteiger partial charge in [-0.05, 0) is 63.7 Å². The van der Waals surface area contributed by atoms with Crippen LogP contribution in [-0.2, 0) is 4.79 Å². The average molecular weight is 375 g/mol. The van der Waals surface area contributed by atoms with Crippen LogP contribution in [-0.4, -0.2) is 42.8 Å². The predicted molar refractivity (Wildman–Crippen MR) is 112 cm³/mol. The molecular formula is C23H25N3O2. The third kappa shape index (κ3) is 3.58. The van der Waals surface area contributed by atoms with Crippen molar-refractivity contribution in [3.8, 4) is 0 Å². The second-order valence-electron chi connectivity index (χ2n) is 7.61. The molecule has 28 heavy (non-hydrogen) atoms. The summed E-state index contributed by atoms with van der Waals surface area (Å²) in [5.41, 5.74) is 4.59. The van der Waals surface area contributed by atoms with Crippen molar-refractivity contribution in [2.75, 3.05) is 25.5 Å². The Bertz CT molecular complexity index is 942. The summed E-state index contributed by atoms with van der Waals surface area (Å²) in [6.45, 7) is 3.61. The number of Topliss-reactive ketones (excluding diaryl/α,β-unsaturated/α-hetero) is 1. The second-order valence-corrected chi connectivity index (χ2v) is 7.61. The summed E-state index contributed by atoms with van der Waals surface area (Å²) in [6.07, 6.45) is 2.06. The van der Waals surface area contributed by atoms with Crippen molar-refractivity contribution < 1.29 is 9.59 Å². The average Bonchev–Trinajstić information content (AvgIpc) is 3.03. The maximum absolute atomic E-state index is 12.9. The van der Waals surface area contributed by atoms with Gasteiger partial charge in [0.2, 0.25) is 0 Å². The monoisotopic (exact) mass is 375 g/mol. The highest BCUT2D eigenvalue weighted by atomic mass is 16.2. The number of hydrogen-bond acceptors (Lipinski definition) is 4. The van der Waals surface area contributed by atoms with Gasteiger partial charge in [0, 0.05) is 22.9 Å². The quantitative estimate of drug-likeness (QED) is 0.635. The van der Waals surface area contributed by atoms with E-state index in [9.17, 15) is 9.59 Å². The van der Waals surface area contributed by atoms with E-state index in [1.165, 1.54) is 0 Å². The van der Waals surface area contributed by atoms with E-state index in [2.05, 4.69) is 22.6 Å². The van der Waals surface area contributed by atoms with Gasteiger partial charge in [0.1, 0.15) is 0 Å². The standard InChI is InChI=1S/C23H25N3O2/c1-15(27)17-8-9-20-19(14-17)21(23(28)25-20)22(16-6-4-3-5-7-16)24-18-10-12-26(2)13-11-18/h3-9,14,18,24H,10-13H2,1-2H3,(H,25,28). The predicted octanol–water partition coefficient (Wildman–Crippen LogP) is 3.39. The summed E-state index contributed by atoms with van der Waals surface area (Å²) >= 11 is 0. The Hall–Kier alpha value is -2.92. The number of nitrogens with one attached hydrogen (secondary N) is 2. The van der Waals surface area contributed by atoms with Crippen molar-refractivity contribution in [1.82, 2.24) is 10.2 Å². The maximum Gasteiger partial charge on any atom is 0.258 e. The molecule has 0 atom stereocenters. The largest absolute Gasteiger partial charge is 0.381 e. The zero-order valence-corrected chi connectivity index (χ0v) is 16.3. The van der Waals surface area contributed by atoms with Crippen LogP contribution in [0.2, 0.25) is 0 Å². The van der Waals surface area contributed by atoms with E-state index in [4.69, 9.17) is 0 Å². The minimum absolute atomic E-state index is 0.00830. The molecule has 2 aliphatic heterocycles. The fourth-order valence-electron chi connectivity index (χ4n) is 3.90. The summed E-state index contributed by atoms with van der Waals surface area (Å²) < 4.78 is 0. The molecule has 1 amide bonds. The Morgan fingerprint density at radius 3 is 2.46 bits per heavy atom. The lowest BCUT2D eigenvalue weighted by Crippen LogP contribution is -2.40. The molecule has 0 radical (unpaired) electrons. The Balaban J connectivity index is 1.81. The number of piperidine rings is 1. The highest BCUT2D eigenvalue weighted by Crippen LogP contribution is 2.37. The summed E-state index contributed by atoms with van der Waals surface area (Å²) in [5, 5.41) is 6.61. The lowest BCUT2D eigenvalue weighted by atomic mass is 9.96. The van der Waals surface area contributed by atoms with Gasteiger partial charge in [0.15, 0.2) is 5.78 Å². The van der Waals surface area contributed by atoms with Crippen LogP contribution in [0.3, 0.4) is 0 Å². The van der Waals surface area contributed by atoms with Crippen LogP contribution in [0.25, 0.3) is 11.3 Å². The molecule has 1 fully saturated rings. The second kappa shape index (κ2) is 7.60. The molecule has 5 heteroatoms. The van der Waals surface area contributed by atoms with E-state index in [1.807, 2.05) is 42.5 Å². The van der Waals surface area contributed by atoms with Crippen LogP contribution in [0.1, 0.15) is 41.3 Å². The maximum atomic E-state index is 12.9. The fraction of sp³-hybridized carbons (Fsp3) is 0.304. The molecule has 2 aliphatic rings. The molecule has 0 aliphatic carbocycles. The molecule has 0 unspecified atom stereocenters. The van der Waals surface area contributed by atoms with E-state index in [0.29, 0.717) is 17.2 Å². The summed E-state index contributed by atoms with van der Waals surface area (Å²) in [4.78, 5) is 27.1. The molecule has 2 N–H and O–H groups in total. The van der Waals surface area contributed by atoms with Crippen molar-refractivity contribution in [3.63, 3.8) is 0 Å². The van der Waals surface area contributed by atoms with E-state index in [1.54, 1.807) is 13.0 Å². The molecule has 5 nitrogen and oxygen atoms in total. The van der Waals surface area contributed by atoms with Crippen LogP contribution in [0, 0.1) is 0 Å². The lowest BCUT2D eigenvalue weighted by Gasteiger charge is -2.31. The SMILES string of the molecule is CC(=O)c1ccc2c(c1)C(=C(NC1CCN(C)CC1)c1ccccc1)C(=O)N2. The van der Waals surface area contributed by atoms with Gasteiger partial charge < -0.3 is 15.5 Å². The third-order valence-electron chi connectivity index (χ3n) is 5.55. The van der Waals surface area contributed by atoms with Crippen molar-refractivity contribution in [3.05, 3.63) is 65.2 Å². The van der Waals surface area contributed by atoms with Crippen molar-refractivity contribution >= 4 is 28.6 Å². The van der Waals surface area contributed by atoms with Crippen LogP contribution >= 0.6 is 0 Å². The van der Waals surface area contributed by atoms with E-state index in [0.717, 1.165) is 48.4 Å². The molecule has 2 aromatic rings. The Kier molecular flexibility index (Phi) is 5.01. The Labute approximate surface area is 165 Å². The zero-order valence-electron chi connectivity index (χ0n) is 16.3. The van der Waals surface area contributed by atoms with Crippen LogP contribution in [0.4, 0.5) is 5.69 Å². The first-order valence-electron chi connectivity index (χ1n) is 9.74. The zero-order chi connectivity index (χ0) is 19.7. The molecule has 2 heterocycles. The fourth-order valence-corrected chi connectivity index (χ4v) is 3.90. The van der Waals surface area contributed by atoms with Crippen molar-refractivity contribution in [2.24, 2.45) is 0 Å². The smallest absolute Gasteiger partial charge is 0.258 e. The number of rotatable bonds is 4.